The lowest BCUT2D eigenvalue weighted by atomic mass is 9.49. The summed E-state index contributed by atoms with van der Waals surface area (Å²) in [6.07, 6.45) is 9.69. The second-order valence-corrected chi connectivity index (χ2v) is 10.5. The van der Waals surface area contributed by atoms with Gasteiger partial charge in [-0.1, -0.05) is 17.7 Å². The van der Waals surface area contributed by atoms with E-state index < -0.39 is 0 Å². The Bertz CT molecular complexity index is 703. The maximum absolute atomic E-state index is 12.9. The third kappa shape index (κ3) is 5.70. The Morgan fingerprint density at radius 3 is 2.43 bits per heavy atom. The first kappa shape index (κ1) is 23.8. The lowest BCUT2D eigenvalue weighted by molar-refractivity contribution is -0.0503. The molecule has 1 amide bonds. The first-order valence-electron chi connectivity index (χ1n) is 11.4. The number of aliphatic hydroxyl groups excluding tert-OH is 1. The minimum Gasteiger partial charge on any atom is -0.392 e. The van der Waals surface area contributed by atoms with E-state index >= 15 is 0 Å². The van der Waals surface area contributed by atoms with Crippen molar-refractivity contribution in [1.29, 1.82) is 0 Å². The number of carbonyl (C=O) groups is 1. The molecule has 3 N–H and O–H groups in total. The number of nitrogens with one attached hydrogen (secondary N) is 2. The van der Waals surface area contributed by atoms with Gasteiger partial charge in [-0.2, -0.15) is 0 Å². The lowest BCUT2D eigenvalue weighted by Crippen LogP contribution is -2.51. The molecule has 4 saturated carbocycles. The molecule has 0 spiro atoms. The molecule has 30 heavy (non-hydrogen) atoms. The zero-order chi connectivity index (χ0) is 20.4. The van der Waals surface area contributed by atoms with Crippen LogP contribution in [0.2, 0.25) is 5.02 Å². The molecule has 6 heteroatoms. The largest absolute Gasteiger partial charge is 0.392 e. The number of rotatable bonds is 9. The number of benzene rings is 1. The lowest BCUT2D eigenvalue weighted by Gasteiger charge is -2.56. The molecule has 4 bridgehead atoms. The van der Waals surface area contributed by atoms with Crippen LogP contribution in [0.3, 0.4) is 0 Å². The number of hydrogen-bond acceptors (Lipinski definition) is 3. The van der Waals surface area contributed by atoms with Gasteiger partial charge in [0, 0.05) is 13.1 Å². The maximum atomic E-state index is 12.9. The second-order valence-electron chi connectivity index (χ2n) is 10.1. The Balaban J connectivity index is 0.00000256. The number of aryl methyl sites for hydroxylation is 1. The molecule has 0 heterocycles. The molecular weight excluding hydrogens is 419 g/mol. The SMILES string of the molecule is C[C@@H](O)CNCCCc1ccc(Cl)c(C(=O)NCC23CC4CC(CC(C4)C2)C3)c1.Cl. The van der Waals surface area contributed by atoms with Crippen molar-refractivity contribution in [3.63, 3.8) is 0 Å². The summed E-state index contributed by atoms with van der Waals surface area (Å²) in [4.78, 5) is 12.9. The Hall–Kier alpha value is -0.810. The van der Waals surface area contributed by atoms with Crippen LogP contribution in [0.1, 0.15) is 67.8 Å². The first-order valence-corrected chi connectivity index (χ1v) is 11.8. The number of halogens is 2. The topological polar surface area (TPSA) is 61.4 Å². The molecular formula is C24H36Cl2N2O2. The normalized spacial score (nSPS) is 30.0. The summed E-state index contributed by atoms with van der Waals surface area (Å²) in [5.41, 5.74) is 2.07. The van der Waals surface area contributed by atoms with Crippen LogP contribution in [0.15, 0.2) is 18.2 Å². The average Bonchev–Trinajstić information content (AvgIpc) is 2.66. The van der Waals surface area contributed by atoms with Crippen molar-refractivity contribution in [2.24, 2.45) is 23.2 Å². The van der Waals surface area contributed by atoms with E-state index in [4.69, 9.17) is 11.6 Å². The van der Waals surface area contributed by atoms with E-state index in [9.17, 15) is 9.90 Å². The summed E-state index contributed by atoms with van der Waals surface area (Å²) in [5.74, 6) is 2.66. The molecule has 0 aromatic heterocycles. The van der Waals surface area contributed by atoms with Crippen LogP contribution in [0.4, 0.5) is 0 Å². The number of amides is 1. The molecule has 0 unspecified atom stereocenters. The minimum atomic E-state index is -0.324. The quantitative estimate of drug-likeness (QED) is 0.477. The second kappa shape index (κ2) is 10.2. The van der Waals surface area contributed by atoms with Crippen molar-refractivity contribution in [3.05, 3.63) is 34.3 Å². The molecule has 1 atom stereocenters. The van der Waals surface area contributed by atoms with Crippen LogP contribution in [-0.2, 0) is 6.42 Å². The zero-order valence-corrected chi connectivity index (χ0v) is 19.5. The molecule has 4 aliphatic rings. The van der Waals surface area contributed by atoms with E-state index in [-0.39, 0.29) is 24.4 Å². The van der Waals surface area contributed by atoms with Crippen LogP contribution < -0.4 is 10.6 Å². The third-order valence-corrected chi connectivity index (χ3v) is 7.65. The number of aliphatic hydroxyl groups is 1. The fourth-order valence-corrected chi connectivity index (χ4v) is 6.70. The third-order valence-electron chi connectivity index (χ3n) is 7.32. The van der Waals surface area contributed by atoms with Crippen molar-refractivity contribution in [1.82, 2.24) is 10.6 Å². The molecule has 1 aromatic rings. The Labute approximate surface area is 191 Å². The van der Waals surface area contributed by atoms with Gasteiger partial charge in [-0.3, -0.25) is 4.79 Å². The van der Waals surface area contributed by atoms with Gasteiger partial charge in [-0.05, 0) is 106 Å². The van der Waals surface area contributed by atoms with Crippen molar-refractivity contribution in [3.8, 4) is 0 Å². The molecule has 4 aliphatic carbocycles. The van der Waals surface area contributed by atoms with E-state index in [0.717, 1.165) is 49.2 Å². The summed E-state index contributed by atoms with van der Waals surface area (Å²) in [7, 11) is 0. The van der Waals surface area contributed by atoms with Crippen molar-refractivity contribution < 1.29 is 9.90 Å². The molecule has 1 aromatic carbocycles. The number of carbonyl (C=O) groups excluding carboxylic acids is 1. The molecule has 0 aliphatic heterocycles. The molecule has 0 saturated heterocycles. The zero-order valence-electron chi connectivity index (χ0n) is 18.0. The van der Waals surface area contributed by atoms with Crippen molar-refractivity contribution in [2.75, 3.05) is 19.6 Å². The summed E-state index contributed by atoms with van der Waals surface area (Å²) >= 11 is 6.36. The standard InChI is InChI=1S/C24H35ClN2O2.ClH/c1-16(28)14-26-6-2-3-17-4-5-22(25)21(10-17)23(29)27-15-24-11-18-7-19(12-24)9-20(8-18)13-24;/h4-5,10,16,18-20,26,28H,2-3,6-9,11-15H2,1H3,(H,27,29);1H/t16-,18?,19?,20?,24?;/m1./s1. The fourth-order valence-electron chi connectivity index (χ4n) is 6.50. The number of hydrogen-bond donors (Lipinski definition) is 3. The summed E-state index contributed by atoms with van der Waals surface area (Å²) in [6.45, 7) is 4.04. The van der Waals surface area contributed by atoms with Gasteiger partial charge in [0.15, 0.2) is 0 Å². The molecule has 0 radical (unpaired) electrons. The fraction of sp³-hybridized carbons (Fsp3) is 0.708. The highest BCUT2D eigenvalue weighted by molar-refractivity contribution is 6.33. The van der Waals surface area contributed by atoms with Crippen LogP contribution in [-0.4, -0.2) is 36.8 Å². The van der Waals surface area contributed by atoms with Gasteiger partial charge in [0.25, 0.3) is 5.91 Å². The van der Waals surface area contributed by atoms with Gasteiger partial charge in [0.1, 0.15) is 0 Å². The van der Waals surface area contributed by atoms with Crippen LogP contribution in [0.5, 0.6) is 0 Å². The van der Waals surface area contributed by atoms with E-state index in [1.165, 1.54) is 38.5 Å². The van der Waals surface area contributed by atoms with Crippen molar-refractivity contribution >= 4 is 29.9 Å². The molecule has 168 valence electrons. The molecule has 5 rings (SSSR count). The highest BCUT2D eigenvalue weighted by Crippen LogP contribution is 2.59. The summed E-state index contributed by atoms with van der Waals surface area (Å²) < 4.78 is 0. The average molecular weight is 455 g/mol. The van der Waals surface area contributed by atoms with Crippen LogP contribution in [0.25, 0.3) is 0 Å². The van der Waals surface area contributed by atoms with Gasteiger partial charge in [-0.25, -0.2) is 0 Å². The Morgan fingerprint density at radius 2 is 1.83 bits per heavy atom. The van der Waals surface area contributed by atoms with Gasteiger partial charge in [0.2, 0.25) is 0 Å². The van der Waals surface area contributed by atoms with Crippen LogP contribution in [0, 0.1) is 23.2 Å². The Morgan fingerprint density at radius 1 is 1.20 bits per heavy atom. The highest BCUT2D eigenvalue weighted by Gasteiger charge is 2.50. The maximum Gasteiger partial charge on any atom is 0.252 e. The van der Waals surface area contributed by atoms with E-state index in [2.05, 4.69) is 10.6 Å². The van der Waals surface area contributed by atoms with Gasteiger partial charge in [-0.15, -0.1) is 12.4 Å². The summed E-state index contributed by atoms with van der Waals surface area (Å²) in [6, 6.07) is 5.80. The predicted molar refractivity (Wildman–Crippen MR) is 125 cm³/mol. The molecule has 4 fully saturated rings. The minimum absolute atomic E-state index is 0. The summed E-state index contributed by atoms with van der Waals surface area (Å²) in [5, 5.41) is 16.3. The Kier molecular flexibility index (Phi) is 8.11. The van der Waals surface area contributed by atoms with Gasteiger partial charge in [0.05, 0.1) is 16.7 Å². The van der Waals surface area contributed by atoms with E-state index in [1.54, 1.807) is 6.92 Å². The van der Waals surface area contributed by atoms with E-state index in [0.29, 0.717) is 22.5 Å². The predicted octanol–water partition coefficient (Wildman–Crippen LogP) is 4.61. The van der Waals surface area contributed by atoms with E-state index in [1.807, 2.05) is 18.2 Å². The van der Waals surface area contributed by atoms with Gasteiger partial charge >= 0.3 is 0 Å². The first-order chi connectivity index (χ1) is 13.9. The van der Waals surface area contributed by atoms with Crippen LogP contribution >= 0.6 is 24.0 Å². The van der Waals surface area contributed by atoms with Crippen molar-refractivity contribution in [2.45, 2.75) is 64.4 Å². The highest BCUT2D eigenvalue weighted by atomic mass is 35.5. The van der Waals surface area contributed by atoms with Gasteiger partial charge < -0.3 is 15.7 Å². The monoisotopic (exact) mass is 454 g/mol. The molecule has 4 nitrogen and oxygen atoms in total. The smallest absolute Gasteiger partial charge is 0.252 e.